The van der Waals surface area contributed by atoms with Crippen molar-refractivity contribution in [3.05, 3.63) is 29.8 Å². The van der Waals surface area contributed by atoms with Crippen LogP contribution in [0.4, 0.5) is 5.69 Å². The number of hydrogen-bond donors (Lipinski definition) is 2. The summed E-state index contributed by atoms with van der Waals surface area (Å²) in [5, 5.41) is 7.12. The molecule has 1 atom stereocenters. The molecule has 1 saturated heterocycles. The van der Waals surface area contributed by atoms with Gasteiger partial charge in [-0.2, -0.15) is 0 Å². The molecule has 0 amide bonds. The van der Waals surface area contributed by atoms with E-state index in [0.29, 0.717) is 11.2 Å². The Morgan fingerprint density at radius 2 is 2.10 bits per heavy atom. The Kier molecular flexibility index (Phi) is 6.96. The van der Waals surface area contributed by atoms with Crippen molar-refractivity contribution in [3.8, 4) is 0 Å². The molecule has 4 heteroatoms. The minimum atomic E-state index is 0.311. The molecule has 0 aromatic heterocycles. The predicted molar refractivity (Wildman–Crippen MR) is 92.9 cm³/mol. The summed E-state index contributed by atoms with van der Waals surface area (Å²) in [5.41, 5.74) is 2.44. The molecule has 1 heterocycles. The van der Waals surface area contributed by atoms with E-state index in [2.05, 4.69) is 41.8 Å². The fraction of sp³-hybridized carbons (Fsp3) is 0.588. The maximum Gasteiger partial charge on any atom is 0.170 e. The molecule has 1 aliphatic rings. The summed E-state index contributed by atoms with van der Waals surface area (Å²) in [6.45, 7) is 3.91. The van der Waals surface area contributed by atoms with E-state index in [0.717, 1.165) is 38.1 Å². The van der Waals surface area contributed by atoms with E-state index in [1.165, 1.54) is 24.8 Å². The van der Waals surface area contributed by atoms with Gasteiger partial charge in [-0.15, -0.1) is 0 Å². The van der Waals surface area contributed by atoms with Gasteiger partial charge in [-0.3, -0.25) is 0 Å². The topological polar surface area (TPSA) is 33.3 Å². The summed E-state index contributed by atoms with van der Waals surface area (Å²) in [6, 6.07) is 8.56. The van der Waals surface area contributed by atoms with E-state index in [4.69, 9.17) is 17.0 Å². The van der Waals surface area contributed by atoms with Gasteiger partial charge in [-0.05, 0) is 55.6 Å². The number of hydrogen-bond acceptors (Lipinski definition) is 2. The SMILES string of the molecule is CCCCCc1ccc(NC(=S)NC[C@@H]2CCCO2)cc1. The summed E-state index contributed by atoms with van der Waals surface area (Å²) in [6.07, 6.45) is 7.60. The molecule has 1 aromatic rings. The second-order valence-corrected chi connectivity index (χ2v) is 6.03. The number of thiocarbonyl (C=S) groups is 1. The molecule has 1 aliphatic heterocycles. The van der Waals surface area contributed by atoms with Crippen LogP contribution < -0.4 is 10.6 Å². The second-order valence-electron chi connectivity index (χ2n) is 5.62. The fourth-order valence-corrected chi connectivity index (χ4v) is 2.72. The Balaban J connectivity index is 1.70. The van der Waals surface area contributed by atoms with Gasteiger partial charge in [0, 0.05) is 18.8 Å². The monoisotopic (exact) mass is 306 g/mol. The van der Waals surface area contributed by atoms with Crippen LogP contribution in [0.1, 0.15) is 44.6 Å². The Labute approximate surface area is 133 Å². The van der Waals surface area contributed by atoms with Crippen molar-refractivity contribution in [2.24, 2.45) is 0 Å². The number of aryl methyl sites for hydroxylation is 1. The van der Waals surface area contributed by atoms with Crippen molar-refractivity contribution in [2.45, 2.75) is 51.6 Å². The number of rotatable bonds is 7. The average molecular weight is 306 g/mol. The van der Waals surface area contributed by atoms with Gasteiger partial charge < -0.3 is 15.4 Å². The van der Waals surface area contributed by atoms with E-state index in [1.807, 2.05) is 0 Å². The number of unbranched alkanes of at least 4 members (excludes halogenated alkanes) is 2. The molecule has 0 bridgehead atoms. The standard InChI is InChI=1S/C17H26N2OS/c1-2-3-4-6-14-8-10-15(11-9-14)19-17(21)18-13-16-7-5-12-20-16/h8-11,16H,2-7,12-13H2,1H3,(H2,18,19,21)/t16-/m0/s1. The van der Waals surface area contributed by atoms with E-state index >= 15 is 0 Å². The lowest BCUT2D eigenvalue weighted by Gasteiger charge is -2.14. The van der Waals surface area contributed by atoms with Crippen LogP contribution in [-0.2, 0) is 11.2 Å². The third-order valence-corrected chi connectivity index (χ3v) is 4.04. The molecular formula is C17H26N2OS. The zero-order valence-electron chi connectivity index (χ0n) is 12.9. The molecule has 2 rings (SSSR count). The van der Waals surface area contributed by atoms with Crippen LogP contribution in [0.5, 0.6) is 0 Å². The summed E-state index contributed by atoms with van der Waals surface area (Å²) >= 11 is 5.31. The van der Waals surface area contributed by atoms with Gasteiger partial charge >= 0.3 is 0 Å². The Hall–Kier alpha value is -1.13. The number of anilines is 1. The highest BCUT2D eigenvalue weighted by Gasteiger charge is 2.15. The van der Waals surface area contributed by atoms with Crippen molar-refractivity contribution >= 4 is 23.0 Å². The summed E-state index contributed by atoms with van der Waals surface area (Å²) in [5.74, 6) is 0. The van der Waals surface area contributed by atoms with Gasteiger partial charge in [0.05, 0.1) is 6.10 Å². The van der Waals surface area contributed by atoms with Crippen LogP contribution in [-0.4, -0.2) is 24.4 Å². The average Bonchev–Trinajstić information content (AvgIpc) is 3.01. The Morgan fingerprint density at radius 3 is 2.76 bits per heavy atom. The fourth-order valence-electron chi connectivity index (χ4n) is 2.52. The molecule has 0 unspecified atom stereocenters. The maximum atomic E-state index is 5.57. The van der Waals surface area contributed by atoms with Crippen LogP contribution in [0, 0.1) is 0 Å². The van der Waals surface area contributed by atoms with Crippen molar-refractivity contribution < 1.29 is 4.74 Å². The third kappa shape index (κ3) is 6.02. The zero-order chi connectivity index (χ0) is 14.9. The quantitative estimate of drug-likeness (QED) is 0.591. The summed E-state index contributed by atoms with van der Waals surface area (Å²) < 4.78 is 5.57. The first-order chi connectivity index (χ1) is 10.3. The predicted octanol–water partition coefficient (Wildman–Crippen LogP) is 3.88. The van der Waals surface area contributed by atoms with Gasteiger partial charge in [0.15, 0.2) is 5.11 Å². The Bertz CT molecular complexity index is 427. The molecule has 2 N–H and O–H groups in total. The highest BCUT2D eigenvalue weighted by Crippen LogP contribution is 2.13. The first-order valence-corrected chi connectivity index (χ1v) is 8.44. The minimum absolute atomic E-state index is 0.311. The summed E-state index contributed by atoms with van der Waals surface area (Å²) in [7, 11) is 0. The molecule has 3 nitrogen and oxygen atoms in total. The second kappa shape index (κ2) is 9.00. The smallest absolute Gasteiger partial charge is 0.170 e. The lowest BCUT2D eigenvalue weighted by Crippen LogP contribution is -2.34. The number of nitrogens with one attached hydrogen (secondary N) is 2. The molecule has 0 radical (unpaired) electrons. The zero-order valence-corrected chi connectivity index (χ0v) is 13.7. The molecular weight excluding hydrogens is 280 g/mol. The van der Waals surface area contributed by atoms with Gasteiger partial charge in [0.25, 0.3) is 0 Å². The lowest BCUT2D eigenvalue weighted by molar-refractivity contribution is 0.114. The van der Waals surface area contributed by atoms with Crippen LogP contribution in [0.2, 0.25) is 0 Å². The minimum Gasteiger partial charge on any atom is -0.376 e. The first-order valence-electron chi connectivity index (χ1n) is 8.03. The number of benzene rings is 1. The highest BCUT2D eigenvalue weighted by atomic mass is 32.1. The van der Waals surface area contributed by atoms with Crippen molar-refractivity contribution in [1.82, 2.24) is 5.32 Å². The molecule has 0 saturated carbocycles. The largest absolute Gasteiger partial charge is 0.376 e. The normalized spacial score (nSPS) is 17.7. The van der Waals surface area contributed by atoms with Crippen molar-refractivity contribution in [3.63, 3.8) is 0 Å². The van der Waals surface area contributed by atoms with Crippen molar-refractivity contribution in [1.29, 1.82) is 0 Å². The molecule has 1 fully saturated rings. The van der Waals surface area contributed by atoms with Gasteiger partial charge in [-0.1, -0.05) is 31.9 Å². The van der Waals surface area contributed by atoms with Gasteiger partial charge in [0.2, 0.25) is 0 Å². The lowest BCUT2D eigenvalue weighted by atomic mass is 10.1. The Morgan fingerprint density at radius 1 is 1.29 bits per heavy atom. The maximum absolute atomic E-state index is 5.57. The van der Waals surface area contributed by atoms with E-state index in [-0.39, 0.29) is 0 Å². The molecule has 1 aromatic carbocycles. The van der Waals surface area contributed by atoms with Crippen LogP contribution in [0.15, 0.2) is 24.3 Å². The van der Waals surface area contributed by atoms with Gasteiger partial charge in [-0.25, -0.2) is 0 Å². The third-order valence-electron chi connectivity index (χ3n) is 3.80. The van der Waals surface area contributed by atoms with Crippen molar-refractivity contribution in [2.75, 3.05) is 18.5 Å². The molecule has 0 aliphatic carbocycles. The van der Waals surface area contributed by atoms with Crippen LogP contribution in [0.3, 0.4) is 0 Å². The van der Waals surface area contributed by atoms with E-state index in [1.54, 1.807) is 0 Å². The first kappa shape index (κ1) is 16.2. The van der Waals surface area contributed by atoms with Gasteiger partial charge in [0.1, 0.15) is 0 Å². The molecule has 0 spiro atoms. The summed E-state index contributed by atoms with van der Waals surface area (Å²) in [4.78, 5) is 0. The highest BCUT2D eigenvalue weighted by molar-refractivity contribution is 7.80. The molecule has 116 valence electrons. The van der Waals surface area contributed by atoms with Crippen LogP contribution in [0.25, 0.3) is 0 Å². The van der Waals surface area contributed by atoms with E-state index in [9.17, 15) is 0 Å². The van der Waals surface area contributed by atoms with E-state index < -0.39 is 0 Å². The number of ether oxygens (including phenoxy) is 1. The van der Waals surface area contributed by atoms with Crippen LogP contribution >= 0.6 is 12.2 Å². The molecule has 21 heavy (non-hydrogen) atoms.